The second-order valence-electron chi connectivity index (χ2n) is 9.05. The van der Waals surface area contributed by atoms with Gasteiger partial charge >= 0.3 is 5.97 Å². The molecule has 0 saturated carbocycles. The van der Waals surface area contributed by atoms with E-state index in [1.807, 2.05) is 61.5 Å². The summed E-state index contributed by atoms with van der Waals surface area (Å²) in [6.45, 7) is 3.93. The Kier molecular flexibility index (Phi) is 4.40. The van der Waals surface area contributed by atoms with Crippen LogP contribution in [0.25, 0.3) is 27.7 Å². The fourth-order valence-corrected chi connectivity index (χ4v) is 5.62. The number of hydrogen-bond donors (Lipinski definition) is 0. The van der Waals surface area contributed by atoms with Gasteiger partial charge in [-0.1, -0.05) is 48.5 Å². The van der Waals surface area contributed by atoms with Crippen LogP contribution in [-0.4, -0.2) is 23.1 Å². The van der Waals surface area contributed by atoms with Crippen LogP contribution >= 0.6 is 0 Å². The number of carbonyl (C=O) groups is 2. The third kappa shape index (κ3) is 2.70. The van der Waals surface area contributed by atoms with E-state index in [-0.39, 0.29) is 24.8 Å². The zero-order valence-corrected chi connectivity index (χ0v) is 18.9. The topological polar surface area (TPSA) is 48.3 Å². The molecule has 2 aliphatic rings. The van der Waals surface area contributed by atoms with Crippen LogP contribution in [0.2, 0.25) is 0 Å². The smallest absolute Gasteiger partial charge is 0.334 e. The van der Waals surface area contributed by atoms with Crippen LogP contribution in [0.5, 0.6) is 0 Å². The van der Waals surface area contributed by atoms with Crippen molar-refractivity contribution in [3.05, 3.63) is 101 Å². The lowest BCUT2D eigenvalue weighted by atomic mass is 9.64. The van der Waals surface area contributed by atoms with E-state index >= 15 is 0 Å². The molecule has 34 heavy (non-hydrogen) atoms. The highest BCUT2D eigenvalue weighted by molar-refractivity contribution is 6.12. The molecule has 1 atom stereocenters. The molecule has 0 bridgehead atoms. The molecule has 168 valence electrons. The minimum Gasteiger partial charge on any atom is -0.463 e. The molecule has 4 aromatic rings. The lowest BCUT2D eigenvalue weighted by Gasteiger charge is -2.41. The largest absolute Gasteiger partial charge is 0.463 e. The monoisotopic (exact) mass is 451 g/mol. The van der Waals surface area contributed by atoms with Crippen molar-refractivity contribution in [1.82, 2.24) is 4.57 Å². The predicted octanol–water partition coefficient (Wildman–Crippen LogP) is 6.13. The normalized spacial score (nSPS) is 18.6. The SMILES string of the molecule is CCOC(=O)C1=C(c2ccccc2)c2cccc3c2C(C)(C1)C(=O)n1c-3cc2cc(F)ccc21. The van der Waals surface area contributed by atoms with E-state index in [1.54, 1.807) is 17.6 Å². The molecular weight excluding hydrogens is 429 g/mol. The second kappa shape index (κ2) is 7.26. The van der Waals surface area contributed by atoms with Crippen molar-refractivity contribution in [2.45, 2.75) is 25.7 Å². The average Bonchev–Trinajstić information content (AvgIpc) is 3.22. The lowest BCUT2D eigenvalue weighted by molar-refractivity contribution is -0.138. The number of rotatable bonds is 3. The highest BCUT2D eigenvalue weighted by Gasteiger charge is 2.49. The molecule has 1 aliphatic heterocycles. The minimum atomic E-state index is -0.973. The number of ether oxygens (including phenoxy) is 1. The molecule has 0 fully saturated rings. The Labute approximate surface area is 196 Å². The van der Waals surface area contributed by atoms with Crippen molar-refractivity contribution in [3.8, 4) is 11.3 Å². The molecule has 0 saturated heterocycles. The average molecular weight is 451 g/mol. The van der Waals surface area contributed by atoms with E-state index in [2.05, 4.69) is 0 Å². The molecule has 0 amide bonds. The summed E-state index contributed by atoms with van der Waals surface area (Å²) in [5, 5.41) is 0.671. The standard InChI is InChI=1S/C29H22FNO3/c1-3-34-27(32)22-16-29(2)26-20(10-7-11-21(26)25(22)17-8-5-4-6-9-17)24-15-18-14-19(30)12-13-23(18)31(24)28(29)33/h4-15H,3,16H2,1-2H3. The Morgan fingerprint density at radius 3 is 2.56 bits per heavy atom. The van der Waals surface area contributed by atoms with Gasteiger partial charge in [0.15, 0.2) is 0 Å². The predicted molar refractivity (Wildman–Crippen MR) is 129 cm³/mol. The molecule has 0 radical (unpaired) electrons. The van der Waals surface area contributed by atoms with Crippen molar-refractivity contribution in [3.63, 3.8) is 0 Å². The van der Waals surface area contributed by atoms with Gasteiger partial charge in [0.2, 0.25) is 5.91 Å². The number of aromatic nitrogens is 1. The minimum absolute atomic E-state index is 0.127. The number of benzene rings is 3. The molecular formula is C29H22FNO3. The van der Waals surface area contributed by atoms with Crippen LogP contribution in [0, 0.1) is 5.82 Å². The molecule has 3 aromatic carbocycles. The molecule has 1 aliphatic carbocycles. The van der Waals surface area contributed by atoms with E-state index in [4.69, 9.17) is 4.74 Å². The summed E-state index contributed by atoms with van der Waals surface area (Å²) in [6.07, 6.45) is 0.221. The van der Waals surface area contributed by atoms with E-state index in [0.717, 1.165) is 33.5 Å². The van der Waals surface area contributed by atoms with E-state index in [9.17, 15) is 14.0 Å². The van der Waals surface area contributed by atoms with Gasteiger partial charge in [0.05, 0.1) is 23.2 Å². The first-order valence-corrected chi connectivity index (χ1v) is 11.4. The van der Waals surface area contributed by atoms with Crippen LogP contribution in [0.1, 0.15) is 41.8 Å². The van der Waals surface area contributed by atoms with Crippen LogP contribution in [0.15, 0.2) is 78.4 Å². The first kappa shape index (κ1) is 20.6. The summed E-state index contributed by atoms with van der Waals surface area (Å²) in [5.41, 5.74) is 5.32. The van der Waals surface area contributed by atoms with Gasteiger partial charge < -0.3 is 4.74 Å². The maximum Gasteiger partial charge on any atom is 0.334 e. The fraction of sp³-hybridized carbons (Fsp3) is 0.172. The van der Waals surface area contributed by atoms with Gasteiger partial charge in [-0.3, -0.25) is 9.36 Å². The fourth-order valence-electron chi connectivity index (χ4n) is 5.62. The number of halogens is 1. The summed E-state index contributed by atoms with van der Waals surface area (Å²) < 4.78 is 21.1. The quantitative estimate of drug-likeness (QED) is 0.352. The Hall–Kier alpha value is -3.99. The maximum atomic E-state index is 14.1. The zero-order valence-electron chi connectivity index (χ0n) is 18.9. The molecule has 0 spiro atoms. The van der Waals surface area contributed by atoms with Crippen LogP contribution in [-0.2, 0) is 14.9 Å². The van der Waals surface area contributed by atoms with Crippen molar-refractivity contribution >= 4 is 28.4 Å². The van der Waals surface area contributed by atoms with Crippen molar-refractivity contribution < 1.29 is 18.7 Å². The zero-order chi connectivity index (χ0) is 23.6. The van der Waals surface area contributed by atoms with Gasteiger partial charge in [0.1, 0.15) is 5.82 Å². The molecule has 1 aromatic heterocycles. The Morgan fingerprint density at radius 2 is 1.79 bits per heavy atom. The maximum absolute atomic E-state index is 14.1. The summed E-state index contributed by atoms with van der Waals surface area (Å²) in [4.78, 5) is 27.4. The highest BCUT2D eigenvalue weighted by Crippen LogP contribution is 2.53. The summed E-state index contributed by atoms with van der Waals surface area (Å²) in [7, 11) is 0. The molecule has 4 nitrogen and oxygen atoms in total. The van der Waals surface area contributed by atoms with Crippen molar-refractivity contribution in [1.29, 1.82) is 0 Å². The Morgan fingerprint density at radius 1 is 1.03 bits per heavy atom. The first-order chi connectivity index (χ1) is 16.4. The van der Waals surface area contributed by atoms with Crippen molar-refractivity contribution in [2.75, 3.05) is 6.61 Å². The van der Waals surface area contributed by atoms with Gasteiger partial charge in [-0.2, -0.15) is 0 Å². The van der Waals surface area contributed by atoms with Gasteiger partial charge in [-0.25, -0.2) is 9.18 Å². The summed E-state index contributed by atoms with van der Waals surface area (Å²) in [6, 6.07) is 22.0. The number of carbonyl (C=O) groups excluding carboxylic acids is 2. The first-order valence-electron chi connectivity index (χ1n) is 11.4. The summed E-state index contributed by atoms with van der Waals surface area (Å²) in [5.74, 6) is -0.879. The Balaban J connectivity index is 1.70. The number of fused-ring (bicyclic) bond motifs is 4. The molecule has 0 N–H and O–H groups in total. The van der Waals surface area contributed by atoms with E-state index in [1.165, 1.54) is 12.1 Å². The van der Waals surface area contributed by atoms with Gasteiger partial charge in [-0.05, 0) is 66.8 Å². The molecule has 5 heteroatoms. The number of nitrogens with zero attached hydrogens (tertiary/aromatic N) is 1. The number of hydrogen-bond acceptors (Lipinski definition) is 3. The lowest BCUT2D eigenvalue weighted by Crippen LogP contribution is -2.44. The Bertz CT molecular complexity index is 1550. The van der Waals surface area contributed by atoms with E-state index in [0.29, 0.717) is 16.5 Å². The summed E-state index contributed by atoms with van der Waals surface area (Å²) >= 11 is 0. The third-order valence-electron chi connectivity index (χ3n) is 7.02. The van der Waals surface area contributed by atoms with Crippen molar-refractivity contribution in [2.24, 2.45) is 0 Å². The molecule has 2 heterocycles. The van der Waals surface area contributed by atoms with Crippen LogP contribution in [0.3, 0.4) is 0 Å². The highest BCUT2D eigenvalue weighted by atomic mass is 19.1. The van der Waals surface area contributed by atoms with Gasteiger partial charge in [0, 0.05) is 16.5 Å². The molecule has 1 unspecified atom stereocenters. The molecule has 6 rings (SSSR count). The number of esters is 1. The van der Waals surface area contributed by atoms with Gasteiger partial charge in [0.25, 0.3) is 0 Å². The van der Waals surface area contributed by atoms with Crippen LogP contribution in [0.4, 0.5) is 4.39 Å². The van der Waals surface area contributed by atoms with Gasteiger partial charge in [-0.15, -0.1) is 0 Å². The van der Waals surface area contributed by atoms with E-state index < -0.39 is 11.4 Å². The second-order valence-corrected chi connectivity index (χ2v) is 9.05. The van der Waals surface area contributed by atoms with Crippen LogP contribution < -0.4 is 0 Å². The third-order valence-corrected chi connectivity index (χ3v) is 7.02.